The Labute approximate surface area is 232 Å². The summed E-state index contributed by atoms with van der Waals surface area (Å²) in [6.45, 7) is 4.38. The third-order valence-electron chi connectivity index (χ3n) is 5.86. The number of hydrogen-bond donors (Lipinski definition) is 5. The molecular weight excluding hydrogens is 536 g/mol. The van der Waals surface area contributed by atoms with E-state index in [0.29, 0.717) is 24.4 Å². The number of carbonyl (C=O) groups is 5. The number of thiol groups is 1. The molecule has 4 amide bonds. The van der Waals surface area contributed by atoms with Crippen LogP contribution in [0.15, 0.2) is 24.3 Å². The van der Waals surface area contributed by atoms with Crippen LogP contribution in [0.5, 0.6) is 0 Å². The van der Waals surface area contributed by atoms with E-state index < -0.39 is 47.9 Å². The largest absolute Gasteiger partial charge is 0.481 e. The molecule has 3 atom stereocenters. The molecule has 4 N–H and O–H groups in total. The molecule has 38 heavy (non-hydrogen) atoms. The van der Waals surface area contributed by atoms with Crippen molar-refractivity contribution in [3.63, 3.8) is 0 Å². The number of hydrogen-bond acceptors (Lipinski definition) is 7. The highest BCUT2D eigenvalue weighted by Crippen LogP contribution is 2.20. The number of carbonyl (C=O) groups excluding carboxylic acids is 4. The Hall–Kier alpha value is -2.99. The van der Waals surface area contributed by atoms with Gasteiger partial charge in [0.05, 0.1) is 6.61 Å². The summed E-state index contributed by atoms with van der Waals surface area (Å²) in [6.07, 6.45) is -0.500. The van der Waals surface area contributed by atoms with Crippen molar-refractivity contribution in [2.75, 3.05) is 25.4 Å². The van der Waals surface area contributed by atoms with Crippen molar-refractivity contribution in [1.82, 2.24) is 20.9 Å². The fraction of sp³-hybridized carbons (Fsp3) is 0.560. The molecule has 0 aromatic heterocycles. The van der Waals surface area contributed by atoms with Crippen molar-refractivity contribution >= 4 is 54.0 Å². The molecule has 0 bridgehead atoms. The van der Waals surface area contributed by atoms with Gasteiger partial charge >= 0.3 is 12.1 Å². The molecule has 0 saturated carbocycles. The third-order valence-corrected chi connectivity index (χ3v) is 6.59. The first-order valence-electron chi connectivity index (χ1n) is 12.4. The number of carboxylic acids is 1. The SMILES string of the molecule is CC(C)COC(=O)N[C@H](CCC(=O)O)C(=O)N1CC[C@H]1C(=O)N[C@@H](CS)C(=O)NCCc1ccccc1Cl. The van der Waals surface area contributed by atoms with Crippen molar-refractivity contribution < 1.29 is 33.8 Å². The van der Waals surface area contributed by atoms with Crippen LogP contribution in [0.3, 0.4) is 0 Å². The number of halogens is 1. The van der Waals surface area contributed by atoms with Crippen LogP contribution in [0.1, 0.15) is 38.7 Å². The maximum absolute atomic E-state index is 13.1. The lowest BCUT2D eigenvalue weighted by atomic mass is 9.98. The minimum absolute atomic E-state index is 0.0365. The molecule has 2 rings (SSSR count). The summed E-state index contributed by atoms with van der Waals surface area (Å²) in [5.74, 6) is -2.57. The first-order chi connectivity index (χ1) is 18.0. The number of ether oxygens (including phenoxy) is 1. The van der Waals surface area contributed by atoms with Gasteiger partial charge in [-0.05, 0) is 36.8 Å². The number of amides is 4. The molecule has 1 aromatic carbocycles. The maximum Gasteiger partial charge on any atom is 0.407 e. The maximum atomic E-state index is 13.1. The molecule has 1 fully saturated rings. The number of aliphatic carboxylic acids is 1. The van der Waals surface area contributed by atoms with Gasteiger partial charge in [-0.15, -0.1) is 0 Å². The van der Waals surface area contributed by atoms with Gasteiger partial charge in [0.1, 0.15) is 18.1 Å². The van der Waals surface area contributed by atoms with E-state index in [9.17, 15) is 24.0 Å². The van der Waals surface area contributed by atoms with Gasteiger partial charge in [-0.25, -0.2) is 4.79 Å². The van der Waals surface area contributed by atoms with E-state index in [-0.39, 0.29) is 37.7 Å². The van der Waals surface area contributed by atoms with Crippen LogP contribution < -0.4 is 16.0 Å². The Morgan fingerprint density at radius 1 is 1.16 bits per heavy atom. The van der Waals surface area contributed by atoms with Gasteiger partial charge in [0.2, 0.25) is 17.7 Å². The lowest BCUT2D eigenvalue weighted by Crippen LogP contribution is -2.64. The standard InChI is InChI=1S/C25H35ClN4O7S/c1-15(2)13-37-25(36)29-18(7-8-21(31)32)24(35)30-12-10-20(30)23(34)28-19(14-38)22(33)27-11-9-16-5-3-4-6-17(16)26/h3-6,15,18-20,38H,7-14H2,1-2H3,(H,27,33)(H,28,34)(H,29,36)(H,31,32)/t18-,19+,20+/m1/s1. The van der Waals surface area contributed by atoms with E-state index in [1.165, 1.54) is 4.90 Å². The van der Waals surface area contributed by atoms with Crippen LogP contribution in [-0.4, -0.2) is 83.4 Å². The molecule has 0 radical (unpaired) electrons. The molecule has 11 nitrogen and oxygen atoms in total. The van der Waals surface area contributed by atoms with Crippen LogP contribution >= 0.6 is 24.2 Å². The molecule has 1 aromatic rings. The predicted octanol–water partition coefficient (Wildman–Crippen LogP) is 1.63. The quantitative estimate of drug-likeness (QED) is 0.213. The van der Waals surface area contributed by atoms with Crippen LogP contribution in [-0.2, 0) is 30.3 Å². The molecular formula is C25H35ClN4O7S. The average Bonchev–Trinajstić information content (AvgIpc) is 2.83. The predicted molar refractivity (Wildman–Crippen MR) is 144 cm³/mol. The van der Waals surface area contributed by atoms with Crippen LogP contribution in [0, 0.1) is 5.92 Å². The van der Waals surface area contributed by atoms with E-state index in [1.807, 2.05) is 32.0 Å². The van der Waals surface area contributed by atoms with Crippen molar-refractivity contribution in [2.24, 2.45) is 5.92 Å². The normalized spacial score (nSPS) is 16.1. The van der Waals surface area contributed by atoms with Crippen molar-refractivity contribution in [2.45, 2.75) is 57.7 Å². The Balaban J connectivity index is 1.93. The zero-order chi connectivity index (χ0) is 28.2. The van der Waals surface area contributed by atoms with E-state index in [2.05, 4.69) is 28.6 Å². The van der Waals surface area contributed by atoms with Gasteiger partial charge in [0.15, 0.2) is 0 Å². The Bertz CT molecular complexity index is 1010. The zero-order valence-corrected chi connectivity index (χ0v) is 23.1. The van der Waals surface area contributed by atoms with Crippen molar-refractivity contribution in [3.8, 4) is 0 Å². The van der Waals surface area contributed by atoms with Gasteiger partial charge in [-0.1, -0.05) is 43.6 Å². The Kier molecular flexibility index (Phi) is 12.7. The highest BCUT2D eigenvalue weighted by molar-refractivity contribution is 7.80. The van der Waals surface area contributed by atoms with E-state index in [0.717, 1.165) is 5.56 Å². The lowest BCUT2D eigenvalue weighted by molar-refractivity contribution is -0.150. The number of nitrogens with one attached hydrogen (secondary N) is 3. The number of rotatable bonds is 14. The van der Waals surface area contributed by atoms with E-state index in [4.69, 9.17) is 21.4 Å². The Morgan fingerprint density at radius 3 is 2.45 bits per heavy atom. The Morgan fingerprint density at radius 2 is 1.87 bits per heavy atom. The summed E-state index contributed by atoms with van der Waals surface area (Å²) in [4.78, 5) is 63.0. The lowest BCUT2D eigenvalue weighted by Gasteiger charge is -2.42. The van der Waals surface area contributed by atoms with Gasteiger partial charge in [0.25, 0.3) is 0 Å². The summed E-state index contributed by atoms with van der Waals surface area (Å²) in [7, 11) is 0. The second kappa shape index (κ2) is 15.4. The summed E-state index contributed by atoms with van der Waals surface area (Å²) in [6, 6.07) is 4.32. The average molecular weight is 571 g/mol. The second-order valence-electron chi connectivity index (χ2n) is 9.33. The number of alkyl carbamates (subject to hydrolysis) is 1. The van der Waals surface area contributed by atoms with Gasteiger partial charge in [-0.2, -0.15) is 12.6 Å². The molecule has 13 heteroatoms. The van der Waals surface area contributed by atoms with Crippen molar-refractivity contribution in [3.05, 3.63) is 34.9 Å². The summed E-state index contributed by atoms with van der Waals surface area (Å²) >= 11 is 10.3. The summed E-state index contributed by atoms with van der Waals surface area (Å²) in [5.41, 5.74) is 0.878. The smallest absolute Gasteiger partial charge is 0.407 e. The van der Waals surface area contributed by atoms with Gasteiger partial charge < -0.3 is 30.7 Å². The first-order valence-corrected chi connectivity index (χ1v) is 13.4. The van der Waals surface area contributed by atoms with Crippen molar-refractivity contribution in [1.29, 1.82) is 0 Å². The molecule has 0 unspecified atom stereocenters. The van der Waals surface area contributed by atoms with Gasteiger partial charge in [0, 0.05) is 30.3 Å². The minimum atomic E-state index is -1.17. The number of carboxylic acid groups (broad SMARTS) is 1. The highest BCUT2D eigenvalue weighted by atomic mass is 35.5. The first kappa shape index (κ1) is 31.2. The molecule has 1 aliphatic rings. The number of likely N-dealkylation sites (tertiary alicyclic amines) is 1. The molecule has 1 saturated heterocycles. The number of benzene rings is 1. The molecule has 210 valence electrons. The molecule has 0 spiro atoms. The highest BCUT2D eigenvalue weighted by Gasteiger charge is 2.41. The fourth-order valence-electron chi connectivity index (χ4n) is 3.68. The van der Waals surface area contributed by atoms with E-state index >= 15 is 0 Å². The molecule has 1 aliphatic heterocycles. The fourth-order valence-corrected chi connectivity index (χ4v) is 4.17. The zero-order valence-electron chi connectivity index (χ0n) is 21.4. The number of nitrogens with zero attached hydrogens (tertiary/aromatic N) is 1. The van der Waals surface area contributed by atoms with Gasteiger partial charge in [-0.3, -0.25) is 19.2 Å². The summed E-state index contributed by atoms with van der Waals surface area (Å²) < 4.78 is 5.05. The van der Waals surface area contributed by atoms with Crippen LogP contribution in [0.25, 0.3) is 0 Å². The van der Waals surface area contributed by atoms with E-state index in [1.54, 1.807) is 6.07 Å². The second-order valence-corrected chi connectivity index (χ2v) is 10.1. The topological polar surface area (TPSA) is 154 Å². The van der Waals surface area contributed by atoms with Crippen LogP contribution in [0.4, 0.5) is 4.79 Å². The molecule has 0 aliphatic carbocycles. The minimum Gasteiger partial charge on any atom is -0.481 e. The molecule has 1 heterocycles. The third kappa shape index (κ3) is 9.71. The summed E-state index contributed by atoms with van der Waals surface area (Å²) in [5, 5.41) is 17.4. The monoisotopic (exact) mass is 570 g/mol. The van der Waals surface area contributed by atoms with Crippen LogP contribution in [0.2, 0.25) is 5.02 Å².